The van der Waals surface area contributed by atoms with Gasteiger partial charge in [0, 0.05) is 42.8 Å². The van der Waals surface area contributed by atoms with E-state index in [2.05, 4.69) is 42.1 Å². The number of likely N-dealkylation sites (N-methyl/N-ethyl adjacent to an activating group) is 1. The van der Waals surface area contributed by atoms with E-state index in [1.54, 1.807) is 28.8 Å². The van der Waals surface area contributed by atoms with Crippen molar-refractivity contribution in [3.05, 3.63) is 63.0 Å². The average molecular weight is 462 g/mol. The Kier molecular flexibility index (Phi) is 6.63. The number of hydrogen-bond donors (Lipinski definition) is 0. The summed E-state index contributed by atoms with van der Waals surface area (Å²) in [6, 6.07) is 14.2. The summed E-state index contributed by atoms with van der Waals surface area (Å²) in [6.45, 7) is 2.68. The summed E-state index contributed by atoms with van der Waals surface area (Å²) in [5.41, 5.74) is 3.06. The maximum absolute atomic E-state index is 13.2. The highest BCUT2D eigenvalue weighted by Crippen LogP contribution is 2.35. The van der Waals surface area contributed by atoms with Crippen LogP contribution in [0.2, 0.25) is 10.0 Å². The average Bonchev–Trinajstić information content (AvgIpc) is 3.23. The van der Waals surface area contributed by atoms with Gasteiger partial charge in [-0.3, -0.25) is 4.79 Å². The fraction of sp³-hybridized carbons (Fsp3) is 0.348. The predicted molar refractivity (Wildman–Crippen MR) is 130 cm³/mol. The monoisotopic (exact) mass is 461 g/mol. The summed E-state index contributed by atoms with van der Waals surface area (Å²) in [6.07, 6.45) is 3.19. The van der Waals surface area contributed by atoms with Crippen LogP contribution in [0.3, 0.4) is 0 Å². The lowest BCUT2D eigenvalue weighted by Gasteiger charge is -2.29. The van der Waals surface area contributed by atoms with E-state index in [4.69, 9.17) is 23.2 Å². The number of hydrogen-bond acceptors (Lipinski definition) is 4. The minimum absolute atomic E-state index is 0.00651. The Morgan fingerprint density at radius 2 is 1.90 bits per heavy atom. The van der Waals surface area contributed by atoms with Crippen LogP contribution in [0, 0.1) is 0 Å². The van der Waals surface area contributed by atoms with Crippen molar-refractivity contribution in [3.8, 4) is 0 Å². The fourth-order valence-corrected chi connectivity index (χ4v) is 5.20. The van der Waals surface area contributed by atoms with E-state index >= 15 is 0 Å². The molecule has 0 aromatic heterocycles. The Morgan fingerprint density at radius 3 is 2.63 bits per heavy atom. The molecule has 7 heteroatoms. The van der Waals surface area contributed by atoms with E-state index in [0.717, 1.165) is 41.4 Å². The van der Waals surface area contributed by atoms with Gasteiger partial charge in [0.05, 0.1) is 15.0 Å². The normalized spacial score (nSPS) is 21.2. The van der Waals surface area contributed by atoms with Gasteiger partial charge in [0.2, 0.25) is 0 Å². The van der Waals surface area contributed by atoms with Gasteiger partial charge in [0.15, 0.2) is 0 Å². The van der Waals surface area contributed by atoms with Crippen LogP contribution in [-0.4, -0.2) is 56.3 Å². The number of nitrogens with zero attached hydrogens (tertiary/aromatic N) is 3. The van der Waals surface area contributed by atoms with Crippen molar-refractivity contribution in [1.29, 1.82) is 0 Å². The van der Waals surface area contributed by atoms with E-state index < -0.39 is 0 Å². The molecule has 2 aliphatic heterocycles. The molecule has 2 fully saturated rings. The van der Waals surface area contributed by atoms with Crippen molar-refractivity contribution >= 4 is 58.3 Å². The van der Waals surface area contributed by atoms with E-state index in [0.29, 0.717) is 22.6 Å². The number of amides is 1. The molecule has 0 N–H and O–H groups in total. The molecular weight excluding hydrogens is 437 g/mol. The second-order valence-electron chi connectivity index (χ2n) is 7.82. The number of anilines is 2. The summed E-state index contributed by atoms with van der Waals surface area (Å²) >= 11 is 13.8. The molecule has 2 saturated heterocycles. The van der Waals surface area contributed by atoms with Crippen molar-refractivity contribution in [1.82, 2.24) is 4.90 Å². The molecule has 0 radical (unpaired) electrons. The molecule has 0 spiro atoms. The van der Waals surface area contributed by atoms with Gasteiger partial charge >= 0.3 is 0 Å². The molecule has 0 aliphatic carbocycles. The molecule has 1 atom stereocenters. The Bertz CT molecular complexity index is 979. The molecule has 0 bridgehead atoms. The largest absolute Gasteiger partial charge is 0.369 e. The minimum Gasteiger partial charge on any atom is -0.369 e. The van der Waals surface area contributed by atoms with E-state index in [9.17, 15) is 4.79 Å². The van der Waals surface area contributed by atoms with Crippen LogP contribution < -0.4 is 9.80 Å². The maximum Gasteiger partial charge on any atom is 0.264 e. The van der Waals surface area contributed by atoms with Gasteiger partial charge in [-0.2, -0.15) is 0 Å². The summed E-state index contributed by atoms with van der Waals surface area (Å²) in [4.78, 5) is 20.5. The van der Waals surface area contributed by atoms with Crippen molar-refractivity contribution in [3.63, 3.8) is 0 Å². The van der Waals surface area contributed by atoms with Crippen LogP contribution in [0.1, 0.15) is 12.0 Å². The zero-order valence-electron chi connectivity index (χ0n) is 17.1. The van der Waals surface area contributed by atoms with Crippen molar-refractivity contribution < 1.29 is 4.79 Å². The first kappa shape index (κ1) is 21.6. The Balaban J connectivity index is 1.60. The van der Waals surface area contributed by atoms with Gasteiger partial charge in [-0.15, -0.1) is 11.8 Å². The Morgan fingerprint density at radius 1 is 1.10 bits per heavy atom. The number of carbonyl (C=O) groups is 1. The number of carbonyl (C=O) groups excluding carboxylic acids is 1. The van der Waals surface area contributed by atoms with Crippen LogP contribution in [0.4, 0.5) is 11.4 Å². The first-order valence-electron chi connectivity index (χ1n) is 10.1. The third kappa shape index (κ3) is 4.50. The second-order valence-corrected chi connectivity index (χ2v) is 9.77. The Hall–Kier alpha value is -1.66. The highest BCUT2D eigenvalue weighted by Gasteiger charge is 2.28. The smallest absolute Gasteiger partial charge is 0.264 e. The quantitative estimate of drug-likeness (QED) is 0.580. The zero-order valence-corrected chi connectivity index (χ0v) is 19.5. The lowest BCUT2D eigenvalue weighted by molar-refractivity contribution is -0.114. The molecular formula is C23H25Cl2N3OS. The van der Waals surface area contributed by atoms with Crippen molar-refractivity contribution in [2.45, 2.75) is 12.5 Å². The van der Waals surface area contributed by atoms with Crippen LogP contribution >= 0.6 is 35.0 Å². The van der Waals surface area contributed by atoms with Gasteiger partial charge in [-0.05, 0) is 56.4 Å². The molecule has 2 aliphatic rings. The predicted octanol–water partition coefficient (Wildman–Crippen LogP) is 5.25. The summed E-state index contributed by atoms with van der Waals surface area (Å²) in [5, 5.41) is 0.950. The van der Waals surface area contributed by atoms with Crippen molar-refractivity contribution in [2.24, 2.45) is 0 Å². The van der Waals surface area contributed by atoms with Gasteiger partial charge < -0.3 is 14.7 Å². The van der Waals surface area contributed by atoms with Gasteiger partial charge in [-0.1, -0.05) is 41.4 Å². The SMILES string of the molecule is CN(C)C1CCN(c2ccccc2C=C2SCCN(c3ccc(Cl)c(Cl)c3)C2=O)C1. The third-order valence-electron chi connectivity index (χ3n) is 5.70. The van der Waals surface area contributed by atoms with Crippen molar-refractivity contribution in [2.75, 3.05) is 49.3 Å². The van der Waals surface area contributed by atoms with Gasteiger partial charge in [0.1, 0.15) is 0 Å². The standard InChI is InChI=1S/C23H25Cl2N3OS/c1-26(2)18-9-10-27(15-18)21-6-4-3-5-16(21)13-22-23(29)28(11-12-30-22)17-7-8-19(24)20(25)14-17/h3-8,13-14,18H,9-12,15H2,1-2H3. The van der Waals surface area contributed by atoms with Gasteiger partial charge in [-0.25, -0.2) is 0 Å². The Labute approximate surface area is 192 Å². The third-order valence-corrected chi connectivity index (χ3v) is 7.43. The topological polar surface area (TPSA) is 26.8 Å². The summed E-state index contributed by atoms with van der Waals surface area (Å²) < 4.78 is 0. The van der Waals surface area contributed by atoms with Crippen LogP contribution in [0.15, 0.2) is 47.4 Å². The lowest BCUT2D eigenvalue weighted by atomic mass is 10.1. The summed E-state index contributed by atoms with van der Waals surface area (Å²) in [5.74, 6) is 0.846. The van der Waals surface area contributed by atoms with Crippen LogP contribution in [0.5, 0.6) is 0 Å². The first-order chi connectivity index (χ1) is 14.4. The highest BCUT2D eigenvalue weighted by atomic mass is 35.5. The zero-order chi connectivity index (χ0) is 21.3. The molecule has 2 heterocycles. The number of rotatable bonds is 4. The second kappa shape index (κ2) is 9.23. The van der Waals surface area contributed by atoms with Gasteiger partial charge in [0.25, 0.3) is 5.91 Å². The molecule has 1 unspecified atom stereocenters. The summed E-state index contributed by atoms with van der Waals surface area (Å²) in [7, 11) is 4.27. The fourth-order valence-electron chi connectivity index (χ4n) is 3.97. The first-order valence-corrected chi connectivity index (χ1v) is 11.8. The number of para-hydroxylation sites is 1. The molecule has 4 nitrogen and oxygen atoms in total. The molecule has 2 aromatic carbocycles. The minimum atomic E-state index is 0.00651. The molecule has 30 heavy (non-hydrogen) atoms. The van der Waals surface area contributed by atoms with Crippen LogP contribution in [0.25, 0.3) is 6.08 Å². The lowest BCUT2D eigenvalue weighted by Crippen LogP contribution is -2.37. The highest BCUT2D eigenvalue weighted by molar-refractivity contribution is 8.04. The molecule has 2 aromatic rings. The maximum atomic E-state index is 13.2. The van der Waals surface area contributed by atoms with E-state index in [-0.39, 0.29) is 5.91 Å². The molecule has 158 valence electrons. The number of thioether (sulfide) groups is 1. The van der Waals surface area contributed by atoms with Crippen LogP contribution in [-0.2, 0) is 4.79 Å². The van der Waals surface area contributed by atoms with E-state index in [1.807, 2.05) is 18.2 Å². The molecule has 4 rings (SSSR count). The molecule has 0 saturated carbocycles. The number of halogens is 2. The van der Waals surface area contributed by atoms with E-state index in [1.165, 1.54) is 5.69 Å². The number of benzene rings is 2. The molecule has 1 amide bonds.